The molecular weight excluding hydrogens is 368 g/mol. The Kier molecular flexibility index (Phi) is 5.55. The molecule has 148 valence electrons. The summed E-state index contributed by atoms with van der Waals surface area (Å²) in [6.07, 6.45) is 2.92. The van der Waals surface area contributed by atoms with Crippen molar-refractivity contribution in [3.63, 3.8) is 0 Å². The van der Waals surface area contributed by atoms with Gasteiger partial charge in [-0.15, -0.1) is 0 Å². The summed E-state index contributed by atoms with van der Waals surface area (Å²) in [5.74, 6) is -0.865. The third kappa shape index (κ3) is 4.15. The molecule has 3 rings (SSSR count). The molecule has 1 aromatic carbocycles. The van der Waals surface area contributed by atoms with Crippen molar-refractivity contribution < 1.29 is 18.3 Å². The number of aliphatic carboxylic acids is 1. The summed E-state index contributed by atoms with van der Waals surface area (Å²) in [5, 5.41) is 14.1. The van der Waals surface area contributed by atoms with Crippen molar-refractivity contribution in [2.45, 2.75) is 56.6 Å². The highest BCUT2D eigenvalue weighted by Gasteiger charge is 2.36. The number of carboxylic acid groups (broad SMARTS) is 1. The van der Waals surface area contributed by atoms with Gasteiger partial charge in [-0.3, -0.25) is 14.4 Å². The van der Waals surface area contributed by atoms with E-state index in [0.717, 1.165) is 10.9 Å². The maximum Gasteiger partial charge on any atom is 0.317 e. The molecule has 0 spiro atoms. The summed E-state index contributed by atoms with van der Waals surface area (Å²) in [7, 11) is -3.62. The number of hydrogen-bond acceptors (Lipinski definition) is 5. The lowest BCUT2D eigenvalue weighted by Gasteiger charge is -2.42. The zero-order valence-corrected chi connectivity index (χ0v) is 16.6. The molecule has 1 aromatic heterocycles. The molecule has 0 aliphatic heterocycles. The van der Waals surface area contributed by atoms with E-state index in [-0.39, 0.29) is 29.6 Å². The van der Waals surface area contributed by atoms with Gasteiger partial charge >= 0.3 is 5.97 Å². The number of carbonyl (C=O) groups is 1. The van der Waals surface area contributed by atoms with Gasteiger partial charge in [0.25, 0.3) is 0 Å². The normalized spacial score (nSPS) is 20.3. The van der Waals surface area contributed by atoms with Crippen molar-refractivity contribution in [1.29, 1.82) is 0 Å². The molecule has 1 heterocycles. The Labute approximate surface area is 159 Å². The van der Waals surface area contributed by atoms with E-state index in [4.69, 9.17) is 5.11 Å². The van der Waals surface area contributed by atoms with Crippen molar-refractivity contribution in [3.8, 4) is 0 Å². The van der Waals surface area contributed by atoms with Gasteiger partial charge in [0.1, 0.15) is 0 Å². The lowest BCUT2D eigenvalue weighted by Crippen LogP contribution is -2.54. The molecule has 1 saturated carbocycles. The first kappa shape index (κ1) is 19.8. The van der Waals surface area contributed by atoms with Gasteiger partial charge in [0.2, 0.25) is 10.0 Å². The molecule has 0 unspecified atom stereocenters. The second-order valence-corrected chi connectivity index (χ2v) is 9.02. The predicted molar refractivity (Wildman–Crippen MR) is 102 cm³/mol. The van der Waals surface area contributed by atoms with Crippen molar-refractivity contribution in [1.82, 2.24) is 19.4 Å². The van der Waals surface area contributed by atoms with Crippen LogP contribution in [0.3, 0.4) is 0 Å². The van der Waals surface area contributed by atoms with Crippen molar-refractivity contribution in [3.05, 3.63) is 24.4 Å². The van der Waals surface area contributed by atoms with Gasteiger partial charge in [-0.25, -0.2) is 13.1 Å². The van der Waals surface area contributed by atoms with E-state index in [0.29, 0.717) is 19.4 Å². The van der Waals surface area contributed by atoms with Crippen LogP contribution < -0.4 is 4.72 Å². The number of likely N-dealkylation sites (N-methyl/N-ethyl adjacent to an activating group) is 1. The van der Waals surface area contributed by atoms with Gasteiger partial charge in [-0.1, -0.05) is 6.92 Å². The molecule has 1 fully saturated rings. The van der Waals surface area contributed by atoms with Gasteiger partial charge in [0.15, 0.2) is 0 Å². The SMILES string of the molecule is CCN(CC(=O)O)C1CC(NS(=O)(=O)c2ccc3c(cnn3C(C)C)c2)C1. The summed E-state index contributed by atoms with van der Waals surface area (Å²) in [6, 6.07) is 5.16. The van der Waals surface area contributed by atoms with E-state index < -0.39 is 16.0 Å². The highest BCUT2D eigenvalue weighted by atomic mass is 32.2. The Bertz CT molecular complexity index is 932. The highest BCUT2D eigenvalue weighted by Crippen LogP contribution is 2.28. The Hall–Kier alpha value is -1.97. The van der Waals surface area contributed by atoms with Gasteiger partial charge < -0.3 is 5.11 Å². The second-order valence-electron chi connectivity index (χ2n) is 7.30. The third-order valence-corrected chi connectivity index (χ3v) is 6.58. The number of aromatic nitrogens is 2. The first-order valence-electron chi connectivity index (χ1n) is 9.16. The topological polar surface area (TPSA) is 105 Å². The van der Waals surface area contributed by atoms with Crippen LogP contribution in [0.4, 0.5) is 0 Å². The van der Waals surface area contributed by atoms with Crippen LogP contribution >= 0.6 is 0 Å². The molecule has 1 aliphatic carbocycles. The summed E-state index contributed by atoms with van der Waals surface area (Å²) < 4.78 is 30.0. The van der Waals surface area contributed by atoms with Crippen LogP contribution in [-0.2, 0) is 14.8 Å². The largest absolute Gasteiger partial charge is 0.480 e. The van der Waals surface area contributed by atoms with Gasteiger partial charge in [-0.05, 0) is 51.4 Å². The smallest absolute Gasteiger partial charge is 0.317 e. The predicted octanol–water partition coefficient (Wildman–Crippen LogP) is 1.83. The average Bonchev–Trinajstić information content (AvgIpc) is 2.99. The van der Waals surface area contributed by atoms with E-state index in [9.17, 15) is 13.2 Å². The number of carboxylic acids is 1. The fourth-order valence-electron chi connectivity index (χ4n) is 3.55. The third-order valence-electron chi connectivity index (χ3n) is 5.06. The van der Waals surface area contributed by atoms with Crippen LogP contribution in [-0.4, -0.2) is 59.3 Å². The fraction of sp³-hybridized carbons (Fsp3) is 0.556. The van der Waals surface area contributed by atoms with E-state index >= 15 is 0 Å². The molecular formula is C18H26N4O4S. The van der Waals surface area contributed by atoms with Crippen LogP contribution in [0.5, 0.6) is 0 Å². The van der Waals surface area contributed by atoms with Crippen LogP contribution in [0.15, 0.2) is 29.3 Å². The summed E-state index contributed by atoms with van der Waals surface area (Å²) in [5.41, 5.74) is 0.903. The summed E-state index contributed by atoms with van der Waals surface area (Å²) in [6.45, 7) is 6.57. The number of sulfonamides is 1. The number of nitrogens with one attached hydrogen (secondary N) is 1. The molecule has 0 bridgehead atoms. The molecule has 0 atom stereocenters. The van der Waals surface area contributed by atoms with Crippen molar-refractivity contribution >= 4 is 26.9 Å². The van der Waals surface area contributed by atoms with Crippen LogP contribution in [0.2, 0.25) is 0 Å². The number of hydrogen-bond donors (Lipinski definition) is 2. The summed E-state index contributed by atoms with van der Waals surface area (Å²) >= 11 is 0. The molecule has 1 aliphatic rings. The van der Waals surface area contributed by atoms with Crippen LogP contribution in [0, 0.1) is 0 Å². The Morgan fingerprint density at radius 2 is 2.11 bits per heavy atom. The van der Waals surface area contributed by atoms with E-state index in [2.05, 4.69) is 9.82 Å². The molecule has 0 radical (unpaired) electrons. The number of benzene rings is 1. The first-order valence-corrected chi connectivity index (χ1v) is 10.6. The second kappa shape index (κ2) is 7.57. The minimum atomic E-state index is -3.62. The number of nitrogens with zero attached hydrogens (tertiary/aromatic N) is 3. The lowest BCUT2D eigenvalue weighted by atomic mass is 9.86. The minimum Gasteiger partial charge on any atom is -0.480 e. The van der Waals surface area contributed by atoms with Gasteiger partial charge in [-0.2, -0.15) is 5.10 Å². The monoisotopic (exact) mass is 394 g/mol. The maximum absolute atomic E-state index is 12.7. The van der Waals surface area contributed by atoms with Gasteiger partial charge in [0.05, 0.1) is 23.2 Å². The molecule has 9 heteroatoms. The molecule has 0 saturated heterocycles. The fourth-order valence-corrected chi connectivity index (χ4v) is 4.85. The molecule has 2 N–H and O–H groups in total. The quantitative estimate of drug-likeness (QED) is 0.708. The van der Waals surface area contributed by atoms with E-state index in [1.165, 1.54) is 0 Å². The standard InChI is InChI=1S/C18H26N4O4S/c1-4-21(11-18(23)24)15-8-14(9-15)20-27(25,26)16-5-6-17-13(7-16)10-19-22(17)12(2)3/h5-7,10,12,14-15,20H,4,8-9,11H2,1-3H3,(H,23,24). The number of fused-ring (bicyclic) bond motifs is 1. The lowest BCUT2D eigenvalue weighted by molar-refractivity contribution is -0.139. The zero-order chi connectivity index (χ0) is 19.8. The Balaban J connectivity index is 1.67. The first-order chi connectivity index (χ1) is 12.7. The van der Waals surface area contributed by atoms with Crippen LogP contribution in [0.25, 0.3) is 10.9 Å². The maximum atomic E-state index is 12.7. The molecule has 0 amide bonds. The Morgan fingerprint density at radius 1 is 1.41 bits per heavy atom. The van der Waals surface area contributed by atoms with Gasteiger partial charge in [0, 0.05) is 23.5 Å². The van der Waals surface area contributed by atoms with E-state index in [1.54, 1.807) is 24.4 Å². The number of rotatable bonds is 8. The average molecular weight is 394 g/mol. The van der Waals surface area contributed by atoms with Crippen molar-refractivity contribution in [2.24, 2.45) is 0 Å². The highest BCUT2D eigenvalue weighted by molar-refractivity contribution is 7.89. The minimum absolute atomic E-state index is 0.0167. The van der Waals surface area contributed by atoms with Crippen LogP contribution in [0.1, 0.15) is 39.7 Å². The van der Waals surface area contributed by atoms with Crippen molar-refractivity contribution in [2.75, 3.05) is 13.1 Å². The molecule has 8 nitrogen and oxygen atoms in total. The molecule has 2 aromatic rings. The van der Waals surface area contributed by atoms with E-state index in [1.807, 2.05) is 30.4 Å². The summed E-state index contributed by atoms with van der Waals surface area (Å²) in [4.78, 5) is 13.0. The Morgan fingerprint density at radius 3 is 2.70 bits per heavy atom. The molecule has 27 heavy (non-hydrogen) atoms. The zero-order valence-electron chi connectivity index (χ0n) is 15.8.